The Bertz CT molecular complexity index is 1110. The van der Waals surface area contributed by atoms with Crippen LogP contribution in [0.25, 0.3) is 0 Å². The lowest BCUT2D eigenvalue weighted by Gasteiger charge is -2.28. The lowest BCUT2D eigenvalue weighted by Crippen LogP contribution is -2.22. The molecule has 7 nitrogen and oxygen atoms in total. The SMILES string of the molecule is COC(=O)c1cc(Oc2ccc(N)c(Cl)c2)ccc1N(c1ccc(C)cc1)S(=O)[O-]. The zero-order chi connectivity index (χ0) is 21.8. The van der Waals surface area contributed by atoms with Crippen LogP contribution in [0.3, 0.4) is 0 Å². The number of anilines is 3. The van der Waals surface area contributed by atoms with Crippen LogP contribution < -0.4 is 14.8 Å². The van der Waals surface area contributed by atoms with E-state index in [1.165, 1.54) is 25.3 Å². The monoisotopic (exact) mass is 445 g/mol. The Hall–Kier alpha value is -3.07. The van der Waals surface area contributed by atoms with Gasteiger partial charge < -0.3 is 19.8 Å². The van der Waals surface area contributed by atoms with Gasteiger partial charge in [0.15, 0.2) is 0 Å². The molecule has 3 aromatic carbocycles. The van der Waals surface area contributed by atoms with E-state index in [0.29, 0.717) is 27.9 Å². The summed E-state index contributed by atoms with van der Waals surface area (Å²) in [6, 6.07) is 16.0. The maximum Gasteiger partial charge on any atom is 0.340 e. The number of rotatable bonds is 6. The molecule has 0 amide bonds. The zero-order valence-corrected chi connectivity index (χ0v) is 17.7. The van der Waals surface area contributed by atoms with Gasteiger partial charge in [-0.3, -0.25) is 8.51 Å². The standard InChI is InChI=1S/C21H19ClN2O5S/c1-13-3-5-14(6-4-13)24(30(26)27)20-10-8-15(11-17(20)21(25)28-2)29-16-7-9-19(23)18(22)12-16/h3-12H,23H2,1-2H3,(H,26,27)/p-1. The molecule has 1 unspecified atom stereocenters. The molecule has 0 radical (unpaired) electrons. The van der Waals surface area contributed by atoms with Gasteiger partial charge in [-0.25, -0.2) is 4.79 Å². The summed E-state index contributed by atoms with van der Waals surface area (Å²) >= 11 is 3.32. The molecule has 0 aliphatic heterocycles. The van der Waals surface area contributed by atoms with Crippen molar-refractivity contribution in [3.8, 4) is 11.5 Å². The molecule has 0 saturated carbocycles. The molecule has 156 valence electrons. The molecule has 0 aliphatic carbocycles. The van der Waals surface area contributed by atoms with Gasteiger partial charge in [-0.2, -0.15) is 0 Å². The van der Waals surface area contributed by atoms with E-state index in [0.717, 1.165) is 9.87 Å². The fourth-order valence-electron chi connectivity index (χ4n) is 2.72. The lowest BCUT2D eigenvalue weighted by atomic mass is 10.1. The molecule has 0 aliphatic rings. The van der Waals surface area contributed by atoms with E-state index < -0.39 is 17.2 Å². The fourth-order valence-corrected chi connectivity index (χ4v) is 3.51. The summed E-state index contributed by atoms with van der Waals surface area (Å²) in [5.41, 5.74) is 7.58. The summed E-state index contributed by atoms with van der Waals surface area (Å²) in [6.07, 6.45) is 0. The van der Waals surface area contributed by atoms with Crippen molar-refractivity contribution in [1.29, 1.82) is 0 Å². The molecule has 0 spiro atoms. The second kappa shape index (κ2) is 9.17. The van der Waals surface area contributed by atoms with E-state index >= 15 is 0 Å². The molecule has 30 heavy (non-hydrogen) atoms. The van der Waals surface area contributed by atoms with Gasteiger partial charge in [0.25, 0.3) is 0 Å². The maximum atomic E-state index is 12.4. The van der Waals surface area contributed by atoms with E-state index in [4.69, 9.17) is 26.8 Å². The van der Waals surface area contributed by atoms with Crippen molar-refractivity contribution in [1.82, 2.24) is 0 Å². The molecule has 1 atom stereocenters. The maximum absolute atomic E-state index is 12.4. The fraction of sp³-hybridized carbons (Fsp3) is 0.0952. The molecule has 0 aromatic heterocycles. The second-order valence-corrected chi connectivity index (χ2v) is 7.51. The molecule has 2 N–H and O–H groups in total. The van der Waals surface area contributed by atoms with Gasteiger partial charge in [-0.05, 0) is 49.4 Å². The van der Waals surface area contributed by atoms with Gasteiger partial charge in [0.1, 0.15) is 11.5 Å². The number of hydrogen-bond acceptors (Lipinski definition) is 6. The second-order valence-electron chi connectivity index (χ2n) is 6.30. The first-order chi connectivity index (χ1) is 14.3. The minimum Gasteiger partial charge on any atom is -0.755 e. The summed E-state index contributed by atoms with van der Waals surface area (Å²) < 4.78 is 35.6. The number of nitrogen functional groups attached to an aromatic ring is 1. The van der Waals surface area contributed by atoms with Gasteiger partial charge in [0, 0.05) is 6.07 Å². The number of carbonyl (C=O) groups excluding carboxylic acids is 1. The number of esters is 1. The highest BCUT2D eigenvalue weighted by Crippen LogP contribution is 2.35. The Labute approximate surface area is 181 Å². The first-order valence-electron chi connectivity index (χ1n) is 8.71. The third-order valence-electron chi connectivity index (χ3n) is 4.22. The average Bonchev–Trinajstić information content (AvgIpc) is 2.72. The Kier molecular flexibility index (Phi) is 6.61. The normalized spacial score (nSPS) is 11.6. The topological polar surface area (TPSA) is 105 Å². The predicted octanol–water partition coefficient (Wildman–Crippen LogP) is 4.74. The number of carbonyl (C=O) groups is 1. The Balaban J connectivity index is 2.05. The number of aryl methyl sites for hydroxylation is 1. The molecule has 0 saturated heterocycles. The van der Waals surface area contributed by atoms with Crippen LogP contribution in [0.2, 0.25) is 5.02 Å². The summed E-state index contributed by atoms with van der Waals surface area (Å²) in [5.74, 6) is -0.0190. The first-order valence-corrected chi connectivity index (χ1v) is 10.1. The molecule has 3 aromatic rings. The highest BCUT2D eigenvalue weighted by atomic mass is 35.5. The summed E-state index contributed by atoms with van der Waals surface area (Å²) in [6.45, 7) is 1.89. The van der Waals surface area contributed by atoms with Gasteiger partial charge in [0.05, 0.1) is 46.0 Å². The molecule has 3 rings (SSSR count). The molecule has 0 heterocycles. The number of ether oxygens (including phenoxy) is 2. The van der Waals surface area contributed by atoms with E-state index in [9.17, 15) is 13.6 Å². The minimum absolute atomic E-state index is 0.0151. The van der Waals surface area contributed by atoms with Crippen LogP contribution in [0.15, 0.2) is 60.7 Å². The van der Waals surface area contributed by atoms with Crippen molar-refractivity contribution in [2.75, 3.05) is 17.1 Å². The van der Waals surface area contributed by atoms with Crippen LogP contribution in [0.4, 0.5) is 17.1 Å². The van der Waals surface area contributed by atoms with Gasteiger partial charge >= 0.3 is 5.97 Å². The van der Waals surface area contributed by atoms with Crippen molar-refractivity contribution >= 4 is 45.9 Å². The van der Waals surface area contributed by atoms with Gasteiger partial charge in [0.2, 0.25) is 0 Å². The van der Waals surface area contributed by atoms with Crippen LogP contribution in [0.1, 0.15) is 15.9 Å². The number of methoxy groups -OCH3 is 1. The van der Waals surface area contributed by atoms with Crippen molar-refractivity contribution < 1.29 is 23.0 Å². The highest BCUT2D eigenvalue weighted by molar-refractivity contribution is 7.81. The zero-order valence-electron chi connectivity index (χ0n) is 16.1. The van der Waals surface area contributed by atoms with Crippen molar-refractivity contribution in [3.63, 3.8) is 0 Å². The van der Waals surface area contributed by atoms with Crippen LogP contribution >= 0.6 is 11.6 Å². The van der Waals surface area contributed by atoms with Crippen molar-refractivity contribution in [3.05, 3.63) is 76.8 Å². The van der Waals surface area contributed by atoms with Gasteiger partial charge in [-0.1, -0.05) is 29.3 Å². The number of halogens is 1. The van der Waals surface area contributed by atoms with E-state index in [-0.39, 0.29) is 11.3 Å². The lowest BCUT2D eigenvalue weighted by molar-refractivity contribution is 0.0601. The average molecular weight is 446 g/mol. The van der Waals surface area contributed by atoms with Crippen molar-refractivity contribution in [2.45, 2.75) is 6.92 Å². The molecule has 9 heteroatoms. The highest BCUT2D eigenvalue weighted by Gasteiger charge is 2.21. The van der Waals surface area contributed by atoms with Crippen LogP contribution in [0.5, 0.6) is 11.5 Å². The smallest absolute Gasteiger partial charge is 0.340 e. The summed E-state index contributed by atoms with van der Waals surface area (Å²) in [5, 5.41) is 0.324. The number of nitrogens with two attached hydrogens (primary N) is 1. The number of nitrogens with zero attached hydrogens (tertiary/aromatic N) is 1. The van der Waals surface area contributed by atoms with Gasteiger partial charge in [-0.15, -0.1) is 0 Å². The summed E-state index contributed by atoms with van der Waals surface area (Å²) in [4.78, 5) is 12.4. The van der Waals surface area contributed by atoms with Crippen LogP contribution in [-0.4, -0.2) is 21.8 Å². The van der Waals surface area contributed by atoms with E-state index in [2.05, 4.69) is 0 Å². The predicted molar refractivity (Wildman–Crippen MR) is 116 cm³/mol. The first kappa shape index (κ1) is 21.6. The van der Waals surface area contributed by atoms with E-state index in [1.54, 1.807) is 42.5 Å². The van der Waals surface area contributed by atoms with Crippen LogP contribution in [0, 0.1) is 6.92 Å². The minimum atomic E-state index is -2.69. The number of benzene rings is 3. The van der Waals surface area contributed by atoms with Crippen molar-refractivity contribution in [2.24, 2.45) is 0 Å². The molecule has 0 fully saturated rings. The molecule has 0 bridgehead atoms. The molecular weight excluding hydrogens is 428 g/mol. The summed E-state index contributed by atoms with van der Waals surface area (Å²) in [7, 11) is 1.21. The van der Waals surface area contributed by atoms with E-state index in [1.807, 2.05) is 6.92 Å². The Morgan fingerprint density at radius 3 is 2.30 bits per heavy atom. The third kappa shape index (κ3) is 4.73. The quantitative estimate of drug-likeness (QED) is 0.333. The largest absolute Gasteiger partial charge is 0.755 e. The Morgan fingerprint density at radius 1 is 1.07 bits per heavy atom. The van der Waals surface area contributed by atoms with Crippen LogP contribution in [-0.2, 0) is 16.0 Å². The molecular formula is C21H18ClN2O5S-. The number of hydrogen-bond donors (Lipinski definition) is 1. The third-order valence-corrected chi connectivity index (χ3v) is 5.25. The Morgan fingerprint density at radius 2 is 1.70 bits per heavy atom.